The van der Waals surface area contributed by atoms with E-state index in [1.165, 1.54) is 36.0 Å². The number of allylic oxidation sites excluding steroid dienone is 1. The van der Waals surface area contributed by atoms with E-state index in [9.17, 15) is 14.0 Å². The number of Topliss-reactive ketones (excluding diaryl/α,β-unsaturated/α-hetero) is 1. The Bertz CT molecular complexity index is 1030. The molecule has 1 aromatic heterocycles. The Morgan fingerprint density at radius 1 is 1.19 bits per heavy atom. The Balaban J connectivity index is 1.68. The lowest BCUT2D eigenvalue weighted by molar-refractivity contribution is 0.0982. The van der Waals surface area contributed by atoms with Crippen molar-refractivity contribution in [2.75, 3.05) is 5.75 Å². The van der Waals surface area contributed by atoms with Crippen molar-refractivity contribution in [2.24, 2.45) is 0 Å². The summed E-state index contributed by atoms with van der Waals surface area (Å²) in [5, 5.41) is 1.20. The summed E-state index contributed by atoms with van der Waals surface area (Å²) in [6, 6.07) is 12.8. The average Bonchev–Trinajstić information content (AvgIpc) is 2.68. The van der Waals surface area contributed by atoms with Crippen LogP contribution in [0.25, 0.3) is 10.9 Å². The number of ketones is 1. The molecule has 0 spiro atoms. The Hall–Kier alpha value is -2.73. The first-order chi connectivity index (χ1) is 13.1. The first-order valence-electron chi connectivity index (χ1n) is 8.62. The van der Waals surface area contributed by atoms with E-state index in [1.54, 1.807) is 16.7 Å². The molecular formula is C21H19FN2O2S. The Kier molecular flexibility index (Phi) is 6.19. The molecule has 0 bridgehead atoms. The van der Waals surface area contributed by atoms with Gasteiger partial charge in [-0.2, -0.15) is 0 Å². The van der Waals surface area contributed by atoms with Crippen LogP contribution >= 0.6 is 11.8 Å². The highest BCUT2D eigenvalue weighted by atomic mass is 32.2. The lowest BCUT2D eigenvalue weighted by Crippen LogP contribution is -2.22. The van der Waals surface area contributed by atoms with Crippen LogP contribution in [0.5, 0.6) is 0 Å². The molecule has 0 aliphatic rings. The second kappa shape index (κ2) is 8.77. The standard InChI is InChI=1S/C21H19FN2O2S/c1-2-13-24-20(26)17-6-3-4-7-18(17)23-21(24)27-14-5-8-19(25)15-9-11-16(22)12-10-15/h2-4,6-7,9-12H,1,5,8,13-14H2. The maximum atomic E-state index is 12.9. The first kappa shape index (κ1) is 19.0. The van der Waals surface area contributed by atoms with Crippen molar-refractivity contribution in [3.8, 4) is 0 Å². The van der Waals surface area contributed by atoms with Gasteiger partial charge in [0.2, 0.25) is 0 Å². The van der Waals surface area contributed by atoms with E-state index in [4.69, 9.17) is 0 Å². The zero-order valence-corrected chi connectivity index (χ0v) is 15.5. The van der Waals surface area contributed by atoms with E-state index < -0.39 is 0 Å². The zero-order chi connectivity index (χ0) is 19.2. The van der Waals surface area contributed by atoms with Crippen molar-refractivity contribution in [3.05, 3.63) is 82.9 Å². The molecule has 0 atom stereocenters. The third kappa shape index (κ3) is 4.52. The molecule has 6 heteroatoms. The van der Waals surface area contributed by atoms with Crippen LogP contribution in [0.3, 0.4) is 0 Å². The summed E-state index contributed by atoms with van der Waals surface area (Å²) >= 11 is 1.45. The molecule has 0 N–H and O–H groups in total. The zero-order valence-electron chi connectivity index (χ0n) is 14.7. The molecule has 3 rings (SSSR count). The summed E-state index contributed by atoms with van der Waals surface area (Å²) < 4.78 is 14.5. The van der Waals surface area contributed by atoms with Crippen molar-refractivity contribution in [1.82, 2.24) is 9.55 Å². The molecule has 3 aromatic rings. The molecule has 0 fully saturated rings. The SMILES string of the molecule is C=CCn1c(SCCCC(=O)c2ccc(F)cc2)nc2ccccc2c1=O. The number of hydrogen-bond acceptors (Lipinski definition) is 4. The number of thioether (sulfide) groups is 1. The number of aromatic nitrogens is 2. The van der Waals surface area contributed by atoms with Gasteiger partial charge in [-0.3, -0.25) is 14.2 Å². The van der Waals surface area contributed by atoms with E-state index in [0.29, 0.717) is 46.8 Å². The first-order valence-corrected chi connectivity index (χ1v) is 9.61. The van der Waals surface area contributed by atoms with Gasteiger partial charge in [0.15, 0.2) is 10.9 Å². The molecule has 4 nitrogen and oxygen atoms in total. The number of para-hydroxylation sites is 1. The minimum atomic E-state index is -0.357. The van der Waals surface area contributed by atoms with Crippen LogP contribution in [-0.4, -0.2) is 21.1 Å². The average molecular weight is 382 g/mol. The molecule has 0 saturated carbocycles. The fourth-order valence-corrected chi connectivity index (χ4v) is 3.67. The van der Waals surface area contributed by atoms with E-state index in [1.807, 2.05) is 18.2 Å². The summed E-state index contributed by atoms with van der Waals surface area (Å²) in [7, 11) is 0. The number of rotatable bonds is 8. The molecule has 0 aliphatic carbocycles. The normalized spacial score (nSPS) is 10.9. The molecule has 138 valence electrons. The van der Waals surface area contributed by atoms with Gasteiger partial charge < -0.3 is 0 Å². The van der Waals surface area contributed by atoms with E-state index >= 15 is 0 Å². The largest absolute Gasteiger partial charge is 0.294 e. The highest BCUT2D eigenvalue weighted by molar-refractivity contribution is 7.99. The fourth-order valence-electron chi connectivity index (χ4n) is 2.72. The molecule has 0 radical (unpaired) electrons. The van der Waals surface area contributed by atoms with Gasteiger partial charge in [0.25, 0.3) is 5.56 Å². The number of fused-ring (bicyclic) bond motifs is 1. The number of halogens is 1. The van der Waals surface area contributed by atoms with Gasteiger partial charge in [-0.05, 0) is 42.8 Å². The molecular weight excluding hydrogens is 363 g/mol. The number of carbonyl (C=O) groups is 1. The minimum absolute atomic E-state index is 0.0226. The Morgan fingerprint density at radius 3 is 2.67 bits per heavy atom. The maximum absolute atomic E-state index is 12.9. The van der Waals surface area contributed by atoms with Gasteiger partial charge >= 0.3 is 0 Å². The highest BCUT2D eigenvalue weighted by Gasteiger charge is 2.11. The van der Waals surface area contributed by atoms with Crippen molar-refractivity contribution < 1.29 is 9.18 Å². The van der Waals surface area contributed by atoms with Crippen molar-refractivity contribution in [2.45, 2.75) is 24.5 Å². The predicted octanol–water partition coefficient (Wildman–Crippen LogP) is 4.48. The third-order valence-corrected chi connectivity index (χ3v) is 5.15. The van der Waals surface area contributed by atoms with E-state index in [-0.39, 0.29) is 17.2 Å². The second-order valence-corrected chi connectivity index (χ2v) is 7.06. The molecule has 0 unspecified atom stereocenters. The van der Waals surface area contributed by atoms with Crippen molar-refractivity contribution in [3.63, 3.8) is 0 Å². The monoisotopic (exact) mass is 382 g/mol. The number of benzene rings is 2. The van der Waals surface area contributed by atoms with Crippen LogP contribution in [0.4, 0.5) is 4.39 Å². The van der Waals surface area contributed by atoms with Crippen LogP contribution in [-0.2, 0) is 6.54 Å². The van der Waals surface area contributed by atoms with Crippen LogP contribution in [0, 0.1) is 5.82 Å². The fraction of sp³-hybridized carbons (Fsp3) is 0.190. The summed E-state index contributed by atoms with van der Waals surface area (Å²) in [5.41, 5.74) is 1.08. The Morgan fingerprint density at radius 2 is 1.93 bits per heavy atom. The molecule has 1 heterocycles. The van der Waals surface area contributed by atoms with Gasteiger partial charge in [-0.1, -0.05) is 30.0 Å². The predicted molar refractivity (Wildman–Crippen MR) is 107 cm³/mol. The molecule has 0 aliphatic heterocycles. The van der Waals surface area contributed by atoms with Crippen LogP contribution in [0.15, 0.2) is 71.1 Å². The van der Waals surface area contributed by atoms with Crippen LogP contribution in [0.1, 0.15) is 23.2 Å². The number of hydrogen-bond donors (Lipinski definition) is 0. The number of carbonyl (C=O) groups excluding carboxylic acids is 1. The number of nitrogens with zero attached hydrogens (tertiary/aromatic N) is 2. The second-order valence-electron chi connectivity index (χ2n) is 6.00. The van der Waals surface area contributed by atoms with Crippen LogP contribution in [0.2, 0.25) is 0 Å². The quantitative estimate of drug-likeness (QED) is 0.190. The summed E-state index contributed by atoms with van der Waals surface area (Å²) in [4.78, 5) is 29.4. The van der Waals surface area contributed by atoms with E-state index in [0.717, 1.165) is 0 Å². The summed E-state index contributed by atoms with van der Waals surface area (Å²) in [5.74, 6) is 0.268. The van der Waals surface area contributed by atoms with Gasteiger partial charge in [0, 0.05) is 24.3 Å². The van der Waals surface area contributed by atoms with Crippen molar-refractivity contribution >= 4 is 28.4 Å². The smallest absolute Gasteiger partial charge is 0.262 e. The topological polar surface area (TPSA) is 52.0 Å². The van der Waals surface area contributed by atoms with Crippen molar-refractivity contribution in [1.29, 1.82) is 0 Å². The lowest BCUT2D eigenvalue weighted by Gasteiger charge is -2.11. The minimum Gasteiger partial charge on any atom is -0.294 e. The summed E-state index contributed by atoms with van der Waals surface area (Å²) in [6.07, 6.45) is 2.66. The van der Waals surface area contributed by atoms with Crippen LogP contribution < -0.4 is 5.56 Å². The van der Waals surface area contributed by atoms with Gasteiger partial charge in [0.1, 0.15) is 5.82 Å². The summed E-state index contributed by atoms with van der Waals surface area (Å²) in [6.45, 7) is 4.09. The van der Waals surface area contributed by atoms with Gasteiger partial charge in [-0.25, -0.2) is 9.37 Å². The molecule has 2 aromatic carbocycles. The van der Waals surface area contributed by atoms with Gasteiger partial charge in [-0.15, -0.1) is 6.58 Å². The molecule has 27 heavy (non-hydrogen) atoms. The Labute approximate surface area is 160 Å². The molecule has 0 saturated heterocycles. The third-order valence-electron chi connectivity index (χ3n) is 4.08. The molecule has 0 amide bonds. The lowest BCUT2D eigenvalue weighted by atomic mass is 10.1. The van der Waals surface area contributed by atoms with Gasteiger partial charge in [0.05, 0.1) is 10.9 Å². The maximum Gasteiger partial charge on any atom is 0.262 e. The van der Waals surface area contributed by atoms with E-state index in [2.05, 4.69) is 11.6 Å². The highest BCUT2D eigenvalue weighted by Crippen LogP contribution is 2.20.